The van der Waals surface area contributed by atoms with Gasteiger partial charge in [-0.15, -0.1) is 0 Å². The van der Waals surface area contributed by atoms with E-state index < -0.39 is 5.97 Å². The molecule has 0 aromatic heterocycles. The molecule has 0 amide bonds. The number of esters is 1. The van der Waals surface area contributed by atoms with Crippen LogP contribution in [0.4, 0.5) is 0 Å². The van der Waals surface area contributed by atoms with Gasteiger partial charge in [-0.3, -0.25) is 4.79 Å². The van der Waals surface area contributed by atoms with Crippen molar-refractivity contribution in [2.45, 2.75) is 6.92 Å². The summed E-state index contributed by atoms with van der Waals surface area (Å²) in [5, 5.41) is 0. The third kappa shape index (κ3) is 2.20. The number of hydrogen-bond donors (Lipinski definition) is 0. The largest absolute Gasteiger partial charge is 0.488 e. The van der Waals surface area contributed by atoms with E-state index in [9.17, 15) is 9.59 Å². The zero-order chi connectivity index (χ0) is 12.4. The Morgan fingerprint density at radius 2 is 2.12 bits per heavy atom. The molecule has 0 atom stereocenters. The molecule has 1 aromatic carbocycles. The molecular formula is C13H12O4. The lowest BCUT2D eigenvalue weighted by molar-refractivity contribution is -0.113. The van der Waals surface area contributed by atoms with Crippen molar-refractivity contribution in [3.8, 4) is 5.75 Å². The minimum atomic E-state index is -0.406. The molecule has 17 heavy (non-hydrogen) atoms. The monoisotopic (exact) mass is 232 g/mol. The molecule has 88 valence electrons. The van der Waals surface area contributed by atoms with Crippen molar-refractivity contribution < 1.29 is 19.1 Å². The first-order valence-corrected chi connectivity index (χ1v) is 5.18. The molecule has 0 fully saturated rings. The van der Waals surface area contributed by atoms with Crippen molar-refractivity contribution in [2.24, 2.45) is 0 Å². The number of carbonyl (C=O) groups is 2. The van der Waals surface area contributed by atoms with Crippen LogP contribution in [0.25, 0.3) is 6.08 Å². The van der Waals surface area contributed by atoms with Crippen LogP contribution in [0.2, 0.25) is 0 Å². The molecule has 0 bridgehead atoms. The summed E-state index contributed by atoms with van der Waals surface area (Å²) in [5.41, 5.74) is 1.76. The molecule has 1 aliphatic rings. The van der Waals surface area contributed by atoms with Crippen molar-refractivity contribution in [3.63, 3.8) is 0 Å². The number of rotatable bonds is 2. The molecule has 0 spiro atoms. The minimum absolute atomic E-state index is 0.0286. The van der Waals surface area contributed by atoms with Crippen LogP contribution in [0.15, 0.2) is 23.8 Å². The predicted molar refractivity (Wildman–Crippen MR) is 61.9 cm³/mol. The fourth-order valence-corrected chi connectivity index (χ4v) is 1.63. The molecule has 2 rings (SSSR count). The van der Waals surface area contributed by atoms with Crippen molar-refractivity contribution in [1.29, 1.82) is 0 Å². The van der Waals surface area contributed by atoms with E-state index in [2.05, 4.69) is 4.74 Å². The number of hydrogen-bond acceptors (Lipinski definition) is 4. The molecule has 0 saturated carbocycles. The molecular weight excluding hydrogens is 220 g/mol. The van der Waals surface area contributed by atoms with Gasteiger partial charge in [0.15, 0.2) is 5.78 Å². The fourth-order valence-electron chi connectivity index (χ4n) is 1.63. The van der Waals surface area contributed by atoms with Crippen LogP contribution in [0.5, 0.6) is 5.75 Å². The Kier molecular flexibility index (Phi) is 2.95. The van der Waals surface area contributed by atoms with Gasteiger partial charge in [-0.1, -0.05) is 0 Å². The van der Waals surface area contributed by atoms with E-state index in [0.29, 0.717) is 16.9 Å². The van der Waals surface area contributed by atoms with Gasteiger partial charge in [-0.05, 0) is 31.2 Å². The van der Waals surface area contributed by atoms with Gasteiger partial charge in [0.25, 0.3) is 0 Å². The number of carbonyl (C=O) groups excluding carboxylic acids is 2. The van der Waals surface area contributed by atoms with Gasteiger partial charge < -0.3 is 9.47 Å². The van der Waals surface area contributed by atoms with Gasteiger partial charge in [0, 0.05) is 11.1 Å². The van der Waals surface area contributed by atoms with Gasteiger partial charge in [0.1, 0.15) is 12.4 Å². The van der Waals surface area contributed by atoms with E-state index in [-0.39, 0.29) is 12.4 Å². The number of methoxy groups -OCH3 is 1. The molecule has 0 saturated heterocycles. The summed E-state index contributed by atoms with van der Waals surface area (Å²) in [4.78, 5) is 22.6. The lowest BCUT2D eigenvalue weighted by Crippen LogP contribution is -2.13. The third-order valence-corrected chi connectivity index (χ3v) is 2.60. The van der Waals surface area contributed by atoms with E-state index in [1.807, 2.05) is 0 Å². The molecule has 1 heterocycles. The van der Waals surface area contributed by atoms with Gasteiger partial charge in [0.2, 0.25) is 0 Å². The maximum absolute atomic E-state index is 11.4. The smallest absolute Gasteiger partial charge is 0.337 e. The Labute approximate surface area is 98.8 Å². The maximum atomic E-state index is 11.4. The van der Waals surface area contributed by atoms with Crippen molar-refractivity contribution >= 4 is 17.8 Å². The summed E-state index contributed by atoms with van der Waals surface area (Å²) < 4.78 is 10.1. The SMILES string of the molecule is COC(=O)c1ccc2c(c1)C=C(C(C)=O)CO2. The first-order chi connectivity index (χ1) is 8.11. The first-order valence-electron chi connectivity index (χ1n) is 5.18. The van der Waals surface area contributed by atoms with Gasteiger partial charge in [-0.2, -0.15) is 0 Å². The van der Waals surface area contributed by atoms with Crippen molar-refractivity contribution in [2.75, 3.05) is 13.7 Å². The van der Waals surface area contributed by atoms with Gasteiger partial charge in [0.05, 0.1) is 12.7 Å². The molecule has 0 unspecified atom stereocenters. The highest BCUT2D eigenvalue weighted by Gasteiger charge is 2.16. The molecule has 4 nitrogen and oxygen atoms in total. The highest BCUT2D eigenvalue weighted by atomic mass is 16.5. The summed E-state index contributed by atoms with van der Waals surface area (Å²) in [5.74, 6) is 0.234. The quantitative estimate of drug-likeness (QED) is 0.730. The maximum Gasteiger partial charge on any atom is 0.337 e. The zero-order valence-corrected chi connectivity index (χ0v) is 9.65. The molecule has 4 heteroatoms. The normalized spacial score (nSPS) is 13.2. The number of benzene rings is 1. The van der Waals surface area contributed by atoms with Crippen LogP contribution < -0.4 is 4.74 Å². The van der Waals surface area contributed by atoms with Crippen LogP contribution in [0.3, 0.4) is 0 Å². The van der Waals surface area contributed by atoms with E-state index in [4.69, 9.17) is 4.74 Å². The zero-order valence-electron chi connectivity index (χ0n) is 9.65. The average Bonchev–Trinajstić information content (AvgIpc) is 2.36. The Balaban J connectivity index is 2.42. The second-order valence-corrected chi connectivity index (χ2v) is 3.76. The van der Waals surface area contributed by atoms with Gasteiger partial charge in [-0.25, -0.2) is 4.79 Å². The van der Waals surface area contributed by atoms with E-state index >= 15 is 0 Å². The van der Waals surface area contributed by atoms with Crippen LogP contribution in [0, 0.1) is 0 Å². The summed E-state index contributed by atoms with van der Waals surface area (Å²) >= 11 is 0. The standard InChI is InChI=1S/C13H12O4/c1-8(14)11-6-10-5-9(13(15)16-2)3-4-12(10)17-7-11/h3-6H,7H2,1-2H3. The average molecular weight is 232 g/mol. The topological polar surface area (TPSA) is 52.6 Å². The second-order valence-electron chi connectivity index (χ2n) is 3.76. The predicted octanol–water partition coefficient (Wildman–Crippen LogP) is 1.84. The Morgan fingerprint density at radius 3 is 2.76 bits per heavy atom. The van der Waals surface area contributed by atoms with Crippen molar-refractivity contribution in [1.82, 2.24) is 0 Å². The Bertz CT molecular complexity index is 514. The summed E-state index contributed by atoms with van der Waals surface area (Å²) in [7, 11) is 1.33. The lowest BCUT2D eigenvalue weighted by Gasteiger charge is -2.16. The summed E-state index contributed by atoms with van der Waals surface area (Å²) in [6.45, 7) is 1.77. The minimum Gasteiger partial charge on any atom is -0.488 e. The molecule has 0 radical (unpaired) electrons. The first kappa shape index (κ1) is 11.4. The van der Waals surface area contributed by atoms with Crippen LogP contribution >= 0.6 is 0 Å². The van der Waals surface area contributed by atoms with Crippen LogP contribution in [-0.4, -0.2) is 25.5 Å². The van der Waals surface area contributed by atoms with Crippen molar-refractivity contribution in [3.05, 3.63) is 34.9 Å². The number of Topliss-reactive ketones (excluding diaryl/α,β-unsaturated/α-hetero) is 1. The van der Waals surface area contributed by atoms with Crippen LogP contribution in [0.1, 0.15) is 22.8 Å². The highest BCUT2D eigenvalue weighted by molar-refractivity contribution is 5.99. The highest BCUT2D eigenvalue weighted by Crippen LogP contribution is 2.27. The Morgan fingerprint density at radius 1 is 1.35 bits per heavy atom. The third-order valence-electron chi connectivity index (χ3n) is 2.60. The van der Waals surface area contributed by atoms with E-state index in [1.54, 1.807) is 24.3 Å². The second kappa shape index (κ2) is 4.41. The fraction of sp³-hybridized carbons (Fsp3) is 0.231. The van der Waals surface area contributed by atoms with E-state index in [1.165, 1.54) is 14.0 Å². The molecule has 1 aliphatic heterocycles. The van der Waals surface area contributed by atoms with Crippen LogP contribution in [-0.2, 0) is 9.53 Å². The number of fused-ring (bicyclic) bond motifs is 1. The number of ketones is 1. The van der Waals surface area contributed by atoms with Gasteiger partial charge >= 0.3 is 5.97 Å². The molecule has 1 aromatic rings. The number of ether oxygens (including phenoxy) is 2. The summed E-state index contributed by atoms with van der Waals surface area (Å²) in [6.07, 6.45) is 1.74. The lowest BCUT2D eigenvalue weighted by atomic mass is 10.0. The molecule has 0 aliphatic carbocycles. The Hall–Kier alpha value is -2.10. The summed E-state index contributed by atoms with van der Waals surface area (Å²) in [6, 6.07) is 5.00. The van der Waals surface area contributed by atoms with E-state index in [0.717, 1.165) is 5.56 Å². The molecule has 0 N–H and O–H groups in total.